The van der Waals surface area contributed by atoms with Crippen LogP contribution in [-0.4, -0.2) is 27.0 Å². The Morgan fingerprint density at radius 3 is 2.75 bits per heavy atom. The second-order valence-electron chi connectivity index (χ2n) is 6.36. The SMILES string of the molecule is Cc1cc(C)c2nc(C)cc(C(=O)NCC(C)n3ccnc3)c2c1. The van der Waals surface area contributed by atoms with E-state index in [1.54, 1.807) is 12.5 Å². The quantitative estimate of drug-likeness (QED) is 0.801. The lowest BCUT2D eigenvalue weighted by atomic mass is 10.0. The monoisotopic (exact) mass is 322 g/mol. The van der Waals surface area contributed by atoms with Gasteiger partial charge in [0.2, 0.25) is 0 Å². The normalized spacial score (nSPS) is 12.3. The lowest BCUT2D eigenvalue weighted by Gasteiger charge is -2.15. The maximum absolute atomic E-state index is 12.7. The van der Waals surface area contributed by atoms with E-state index in [9.17, 15) is 4.79 Å². The van der Waals surface area contributed by atoms with E-state index in [1.165, 1.54) is 0 Å². The standard InChI is InChI=1S/C19H22N4O/c1-12-7-13(2)18-16(8-12)17(9-14(3)22-18)19(24)21-10-15(4)23-6-5-20-11-23/h5-9,11,15H,10H2,1-4H3,(H,21,24). The van der Waals surface area contributed by atoms with Crippen molar-refractivity contribution in [2.24, 2.45) is 0 Å². The minimum Gasteiger partial charge on any atom is -0.350 e. The van der Waals surface area contributed by atoms with E-state index in [4.69, 9.17) is 0 Å². The number of aromatic nitrogens is 3. The summed E-state index contributed by atoms with van der Waals surface area (Å²) in [4.78, 5) is 21.4. The summed E-state index contributed by atoms with van der Waals surface area (Å²) >= 11 is 0. The first-order valence-electron chi connectivity index (χ1n) is 8.10. The van der Waals surface area contributed by atoms with Gasteiger partial charge in [-0.1, -0.05) is 11.6 Å². The number of nitrogens with zero attached hydrogens (tertiary/aromatic N) is 3. The van der Waals surface area contributed by atoms with Gasteiger partial charge in [-0.3, -0.25) is 9.78 Å². The van der Waals surface area contributed by atoms with Crippen LogP contribution in [0.1, 0.15) is 40.1 Å². The fourth-order valence-corrected chi connectivity index (χ4v) is 2.97. The molecule has 1 N–H and O–H groups in total. The molecule has 2 aromatic heterocycles. The maximum atomic E-state index is 12.7. The Kier molecular flexibility index (Phi) is 4.34. The minimum atomic E-state index is -0.0672. The van der Waals surface area contributed by atoms with Gasteiger partial charge in [-0.25, -0.2) is 4.98 Å². The zero-order valence-electron chi connectivity index (χ0n) is 14.5. The largest absolute Gasteiger partial charge is 0.350 e. The molecule has 0 bridgehead atoms. The molecule has 0 aliphatic heterocycles. The van der Waals surface area contributed by atoms with Crippen LogP contribution in [0.25, 0.3) is 10.9 Å². The molecule has 3 aromatic rings. The van der Waals surface area contributed by atoms with E-state index in [0.717, 1.165) is 27.7 Å². The molecule has 5 nitrogen and oxygen atoms in total. The molecular formula is C19H22N4O. The van der Waals surface area contributed by atoms with Crippen molar-refractivity contribution in [2.45, 2.75) is 33.7 Å². The number of hydrogen-bond donors (Lipinski definition) is 1. The highest BCUT2D eigenvalue weighted by Crippen LogP contribution is 2.23. The molecule has 0 aliphatic carbocycles. The van der Waals surface area contributed by atoms with Gasteiger partial charge in [0.15, 0.2) is 0 Å². The Morgan fingerprint density at radius 2 is 2.04 bits per heavy atom. The van der Waals surface area contributed by atoms with Crippen molar-refractivity contribution in [3.05, 3.63) is 59.3 Å². The highest BCUT2D eigenvalue weighted by molar-refractivity contribution is 6.07. The molecule has 2 heterocycles. The van der Waals surface area contributed by atoms with Crippen LogP contribution in [0.15, 0.2) is 36.9 Å². The van der Waals surface area contributed by atoms with Crippen LogP contribution in [0, 0.1) is 20.8 Å². The minimum absolute atomic E-state index is 0.0672. The fraction of sp³-hybridized carbons (Fsp3) is 0.316. The molecule has 1 atom stereocenters. The molecule has 1 unspecified atom stereocenters. The zero-order chi connectivity index (χ0) is 17.3. The summed E-state index contributed by atoms with van der Waals surface area (Å²) in [6.07, 6.45) is 5.40. The van der Waals surface area contributed by atoms with Crippen LogP contribution >= 0.6 is 0 Å². The number of carbonyl (C=O) groups is 1. The molecule has 3 rings (SSSR count). The van der Waals surface area contributed by atoms with E-state index < -0.39 is 0 Å². The second kappa shape index (κ2) is 6.43. The van der Waals surface area contributed by atoms with Crippen LogP contribution in [0.4, 0.5) is 0 Å². The van der Waals surface area contributed by atoms with Crippen molar-refractivity contribution in [2.75, 3.05) is 6.54 Å². The van der Waals surface area contributed by atoms with Crippen molar-refractivity contribution >= 4 is 16.8 Å². The molecule has 5 heteroatoms. The molecule has 0 saturated carbocycles. The molecule has 124 valence electrons. The fourth-order valence-electron chi connectivity index (χ4n) is 2.97. The third-order valence-corrected chi connectivity index (χ3v) is 4.21. The Balaban J connectivity index is 1.89. The molecule has 24 heavy (non-hydrogen) atoms. The second-order valence-corrected chi connectivity index (χ2v) is 6.36. The van der Waals surface area contributed by atoms with Crippen molar-refractivity contribution in [1.82, 2.24) is 19.9 Å². The molecule has 0 spiro atoms. The summed E-state index contributed by atoms with van der Waals surface area (Å²) < 4.78 is 1.98. The Labute approximate surface area is 141 Å². The Hall–Kier alpha value is -2.69. The van der Waals surface area contributed by atoms with E-state index in [2.05, 4.69) is 21.4 Å². The molecular weight excluding hydrogens is 300 g/mol. The highest BCUT2D eigenvalue weighted by atomic mass is 16.1. The van der Waals surface area contributed by atoms with Crippen LogP contribution in [-0.2, 0) is 0 Å². The summed E-state index contributed by atoms with van der Waals surface area (Å²) in [5, 5.41) is 3.94. The first kappa shape index (κ1) is 16.2. The average molecular weight is 322 g/mol. The lowest BCUT2D eigenvalue weighted by Crippen LogP contribution is -2.29. The number of rotatable bonds is 4. The van der Waals surface area contributed by atoms with E-state index >= 15 is 0 Å². The van der Waals surface area contributed by atoms with Crippen molar-refractivity contribution in [3.63, 3.8) is 0 Å². The number of imidazole rings is 1. The van der Waals surface area contributed by atoms with Gasteiger partial charge in [-0.15, -0.1) is 0 Å². The van der Waals surface area contributed by atoms with Gasteiger partial charge in [-0.05, 0) is 45.4 Å². The van der Waals surface area contributed by atoms with Gasteiger partial charge < -0.3 is 9.88 Å². The van der Waals surface area contributed by atoms with Gasteiger partial charge in [0, 0.05) is 36.1 Å². The predicted octanol–water partition coefficient (Wildman–Crippen LogP) is 3.35. The number of benzene rings is 1. The van der Waals surface area contributed by atoms with Gasteiger partial charge in [0.05, 0.1) is 17.4 Å². The highest BCUT2D eigenvalue weighted by Gasteiger charge is 2.15. The van der Waals surface area contributed by atoms with E-state index in [1.807, 2.05) is 50.6 Å². The third-order valence-electron chi connectivity index (χ3n) is 4.21. The number of fused-ring (bicyclic) bond motifs is 1. The summed E-state index contributed by atoms with van der Waals surface area (Å²) in [5.41, 5.74) is 4.65. The first-order valence-corrected chi connectivity index (χ1v) is 8.10. The number of pyridine rings is 1. The summed E-state index contributed by atoms with van der Waals surface area (Å²) in [6, 6.07) is 6.13. The number of hydrogen-bond acceptors (Lipinski definition) is 3. The molecule has 0 fully saturated rings. The topological polar surface area (TPSA) is 59.8 Å². The summed E-state index contributed by atoms with van der Waals surface area (Å²) in [5.74, 6) is -0.0672. The van der Waals surface area contributed by atoms with Crippen molar-refractivity contribution in [1.29, 1.82) is 0 Å². The van der Waals surface area contributed by atoms with Gasteiger partial charge in [-0.2, -0.15) is 0 Å². The molecule has 1 amide bonds. The van der Waals surface area contributed by atoms with E-state index in [0.29, 0.717) is 12.1 Å². The number of carbonyl (C=O) groups excluding carboxylic acids is 1. The van der Waals surface area contributed by atoms with Crippen LogP contribution < -0.4 is 5.32 Å². The molecule has 0 aliphatic rings. The molecule has 0 radical (unpaired) electrons. The van der Waals surface area contributed by atoms with Crippen molar-refractivity contribution in [3.8, 4) is 0 Å². The predicted molar refractivity (Wildman–Crippen MR) is 95.2 cm³/mol. The number of aryl methyl sites for hydroxylation is 3. The summed E-state index contributed by atoms with van der Waals surface area (Å²) in [7, 11) is 0. The Bertz CT molecular complexity index is 884. The average Bonchev–Trinajstić information content (AvgIpc) is 3.07. The number of amides is 1. The van der Waals surface area contributed by atoms with E-state index in [-0.39, 0.29) is 11.9 Å². The maximum Gasteiger partial charge on any atom is 0.252 e. The molecule has 0 saturated heterocycles. The first-order chi connectivity index (χ1) is 11.5. The molecule has 1 aromatic carbocycles. The van der Waals surface area contributed by atoms with Crippen LogP contribution in [0.5, 0.6) is 0 Å². The Morgan fingerprint density at radius 1 is 1.25 bits per heavy atom. The zero-order valence-corrected chi connectivity index (χ0v) is 14.5. The third kappa shape index (κ3) is 3.15. The van der Waals surface area contributed by atoms with Crippen molar-refractivity contribution < 1.29 is 4.79 Å². The lowest BCUT2D eigenvalue weighted by molar-refractivity contribution is 0.0950. The van der Waals surface area contributed by atoms with Crippen LogP contribution in [0.3, 0.4) is 0 Å². The smallest absolute Gasteiger partial charge is 0.252 e. The van der Waals surface area contributed by atoms with Gasteiger partial charge >= 0.3 is 0 Å². The van der Waals surface area contributed by atoms with Gasteiger partial charge in [0.25, 0.3) is 5.91 Å². The van der Waals surface area contributed by atoms with Gasteiger partial charge in [0.1, 0.15) is 0 Å². The van der Waals surface area contributed by atoms with Crippen LogP contribution in [0.2, 0.25) is 0 Å². The number of nitrogens with one attached hydrogen (secondary N) is 1. The summed E-state index contributed by atoms with van der Waals surface area (Å²) in [6.45, 7) is 8.58.